The minimum Gasteiger partial charge on any atom is -0.483 e. The fourth-order valence-electron chi connectivity index (χ4n) is 3.95. The Morgan fingerprint density at radius 3 is 2.56 bits per heavy atom. The summed E-state index contributed by atoms with van der Waals surface area (Å²) in [6.45, 7) is 0.302. The van der Waals surface area contributed by atoms with E-state index in [0.717, 1.165) is 31.7 Å². The van der Waals surface area contributed by atoms with Gasteiger partial charge in [0.2, 0.25) is 11.8 Å². The van der Waals surface area contributed by atoms with Crippen LogP contribution in [0.1, 0.15) is 67.8 Å². The number of hydrogen-bond donors (Lipinski definition) is 2. The number of carbonyl (C=O) groups excluding carboxylic acids is 1. The van der Waals surface area contributed by atoms with Crippen LogP contribution in [0, 0.1) is 17.5 Å². The number of likely N-dealkylation sites (tertiary alicyclic amines) is 1. The van der Waals surface area contributed by atoms with Gasteiger partial charge in [-0.15, -0.1) is 0 Å². The highest BCUT2D eigenvalue weighted by Gasteiger charge is 2.35. The topological polar surface area (TPSA) is 123 Å². The third-order valence-corrected chi connectivity index (χ3v) is 5.79. The Morgan fingerprint density at radius 1 is 1.22 bits per heavy atom. The highest BCUT2D eigenvalue weighted by Crippen LogP contribution is 2.37. The first-order valence-corrected chi connectivity index (χ1v) is 10.4. The smallest absolute Gasteiger partial charge is 0.290 e. The van der Waals surface area contributed by atoms with Gasteiger partial charge in [0, 0.05) is 31.0 Å². The van der Waals surface area contributed by atoms with E-state index in [1.54, 1.807) is 4.90 Å². The largest absolute Gasteiger partial charge is 0.483 e. The summed E-state index contributed by atoms with van der Waals surface area (Å²) in [6, 6.07) is 0.270. The molecule has 2 atom stereocenters. The Kier molecular flexibility index (Phi) is 7.84. The van der Waals surface area contributed by atoms with Gasteiger partial charge in [-0.05, 0) is 43.7 Å². The van der Waals surface area contributed by atoms with E-state index in [2.05, 4.69) is 10.1 Å². The number of hydrogen-bond acceptors (Lipinski definition) is 6. The van der Waals surface area contributed by atoms with Crippen LogP contribution < -0.4 is 5.73 Å². The van der Waals surface area contributed by atoms with E-state index in [9.17, 15) is 18.0 Å². The number of aromatic nitrogens is 2. The Hall–Kier alpha value is -2.95. The van der Waals surface area contributed by atoms with Crippen LogP contribution in [-0.4, -0.2) is 45.1 Å². The quantitative estimate of drug-likeness (QED) is 0.508. The average molecular weight is 454 g/mol. The van der Waals surface area contributed by atoms with Gasteiger partial charge >= 0.3 is 0 Å². The van der Waals surface area contributed by atoms with Crippen molar-refractivity contribution in [3.63, 3.8) is 0 Å². The summed E-state index contributed by atoms with van der Waals surface area (Å²) in [5.41, 5.74) is 5.95. The average Bonchev–Trinajstić information content (AvgIpc) is 3.34. The summed E-state index contributed by atoms with van der Waals surface area (Å²) in [6.07, 6.45) is 4.70. The maximum absolute atomic E-state index is 13.8. The number of carboxylic acid groups (broad SMARTS) is 1. The molecule has 1 aromatic carbocycles. The molecule has 1 saturated carbocycles. The Bertz CT molecular complexity index is 951. The van der Waals surface area contributed by atoms with Gasteiger partial charge in [-0.1, -0.05) is 11.6 Å². The Morgan fingerprint density at radius 2 is 1.91 bits per heavy atom. The van der Waals surface area contributed by atoms with Crippen LogP contribution in [0.2, 0.25) is 0 Å². The second kappa shape index (κ2) is 10.6. The van der Waals surface area contributed by atoms with Crippen LogP contribution >= 0.6 is 0 Å². The molecule has 3 N–H and O–H groups in total. The summed E-state index contributed by atoms with van der Waals surface area (Å²) in [5.74, 6) is -1.98. The molecular formula is C21H25F3N4O4. The Labute approximate surface area is 182 Å². The molecule has 1 aliphatic carbocycles. The van der Waals surface area contributed by atoms with Gasteiger partial charge in [0.25, 0.3) is 6.47 Å². The monoisotopic (exact) mass is 454 g/mol. The first-order valence-electron chi connectivity index (χ1n) is 10.4. The van der Waals surface area contributed by atoms with Gasteiger partial charge in [-0.25, -0.2) is 13.2 Å². The molecule has 1 amide bonds. The minimum atomic E-state index is -1.25. The Balaban J connectivity index is 0.000000913. The zero-order valence-electron chi connectivity index (χ0n) is 17.3. The lowest BCUT2D eigenvalue weighted by Gasteiger charge is -2.24. The molecular weight excluding hydrogens is 429 g/mol. The standard InChI is InChI=1S/C20H23F3N4O2.CH2O2/c21-14-10-16(23)15(22)8-12(14)7-13(24)9-18(28)27-6-2-5-17(27)20-25-19(26-29-20)11-3-1-4-11;2-1-3/h8,10-11,13,17H,1-7,9,24H2;1H,(H,2,3)/t13?,17-;/m0./s1. The van der Waals surface area contributed by atoms with Crippen LogP contribution in [-0.2, 0) is 16.0 Å². The molecule has 2 aliphatic rings. The van der Waals surface area contributed by atoms with Crippen molar-refractivity contribution < 1.29 is 32.4 Å². The minimum absolute atomic E-state index is 0.0431. The molecule has 2 heterocycles. The molecule has 2 aromatic rings. The van der Waals surface area contributed by atoms with Crippen molar-refractivity contribution in [1.29, 1.82) is 0 Å². The van der Waals surface area contributed by atoms with Gasteiger partial charge < -0.3 is 20.3 Å². The molecule has 32 heavy (non-hydrogen) atoms. The number of amides is 1. The van der Waals surface area contributed by atoms with Gasteiger partial charge in [-0.3, -0.25) is 9.59 Å². The predicted molar refractivity (Wildman–Crippen MR) is 106 cm³/mol. The lowest BCUT2D eigenvalue weighted by molar-refractivity contribution is -0.133. The van der Waals surface area contributed by atoms with Crippen molar-refractivity contribution in [2.75, 3.05) is 6.54 Å². The number of rotatable bonds is 6. The van der Waals surface area contributed by atoms with Crippen LogP contribution in [0.5, 0.6) is 0 Å². The summed E-state index contributed by atoms with van der Waals surface area (Å²) < 4.78 is 45.7. The lowest BCUT2D eigenvalue weighted by atomic mass is 9.85. The van der Waals surface area contributed by atoms with Crippen molar-refractivity contribution in [3.05, 3.63) is 46.9 Å². The molecule has 0 radical (unpaired) electrons. The zero-order chi connectivity index (χ0) is 23.3. The number of nitrogens with zero attached hydrogens (tertiary/aromatic N) is 3. The summed E-state index contributed by atoms with van der Waals surface area (Å²) in [7, 11) is 0. The van der Waals surface area contributed by atoms with Crippen LogP contribution in [0.15, 0.2) is 16.7 Å². The third-order valence-electron chi connectivity index (χ3n) is 5.79. The molecule has 174 valence electrons. The molecule has 2 fully saturated rings. The van der Waals surface area contributed by atoms with E-state index >= 15 is 0 Å². The first kappa shape index (κ1) is 23.7. The van der Waals surface area contributed by atoms with E-state index in [-0.39, 0.29) is 36.8 Å². The van der Waals surface area contributed by atoms with Crippen LogP contribution in [0.25, 0.3) is 0 Å². The van der Waals surface area contributed by atoms with E-state index < -0.39 is 23.5 Å². The highest BCUT2D eigenvalue weighted by molar-refractivity contribution is 5.77. The number of carbonyl (C=O) groups is 2. The van der Waals surface area contributed by atoms with Gasteiger partial charge in [0.15, 0.2) is 17.5 Å². The van der Waals surface area contributed by atoms with Crippen molar-refractivity contribution in [2.45, 2.75) is 62.9 Å². The molecule has 0 bridgehead atoms. The normalized spacial score (nSPS) is 19.1. The number of halogens is 3. The van der Waals surface area contributed by atoms with E-state index in [0.29, 0.717) is 30.2 Å². The maximum atomic E-state index is 13.8. The summed E-state index contributed by atoms with van der Waals surface area (Å²) in [5, 5.41) is 11.0. The molecule has 8 nitrogen and oxygen atoms in total. The fraction of sp³-hybridized carbons (Fsp3) is 0.524. The zero-order valence-corrected chi connectivity index (χ0v) is 17.3. The number of nitrogens with two attached hydrogens (primary N) is 1. The fourth-order valence-corrected chi connectivity index (χ4v) is 3.95. The van der Waals surface area contributed by atoms with Crippen molar-refractivity contribution in [2.24, 2.45) is 5.73 Å². The molecule has 11 heteroatoms. The lowest BCUT2D eigenvalue weighted by Crippen LogP contribution is -2.36. The molecule has 1 saturated heterocycles. The third kappa shape index (κ3) is 5.45. The van der Waals surface area contributed by atoms with Crippen LogP contribution in [0.3, 0.4) is 0 Å². The molecule has 1 aliphatic heterocycles. The van der Waals surface area contributed by atoms with E-state index in [1.165, 1.54) is 6.42 Å². The van der Waals surface area contributed by atoms with Gasteiger partial charge in [-0.2, -0.15) is 4.98 Å². The van der Waals surface area contributed by atoms with E-state index in [4.69, 9.17) is 20.2 Å². The summed E-state index contributed by atoms with van der Waals surface area (Å²) >= 11 is 0. The second-order valence-corrected chi connectivity index (χ2v) is 8.00. The SMILES string of the molecule is NC(CC(=O)N1CCC[C@H]1c1nc(C2CCC2)no1)Cc1cc(F)c(F)cc1F.O=CO. The number of benzene rings is 1. The van der Waals surface area contributed by atoms with Crippen molar-refractivity contribution in [3.8, 4) is 0 Å². The second-order valence-electron chi connectivity index (χ2n) is 8.00. The van der Waals surface area contributed by atoms with Crippen LogP contribution in [0.4, 0.5) is 13.2 Å². The van der Waals surface area contributed by atoms with E-state index in [1.807, 2.05) is 0 Å². The molecule has 0 spiro atoms. The predicted octanol–water partition coefficient (Wildman–Crippen LogP) is 3.08. The summed E-state index contributed by atoms with van der Waals surface area (Å²) in [4.78, 5) is 27.3. The first-order chi connectivity index (χ1) is 15.3. The van der Waals surface area contributed by atoms with Crippen molar-refractivity contribution in [1.82, 2.24) is 15.0 Å². The molecule has 1 unspecified atom stereocenters. The molecule has 1 aromatic heterocycles. The molecule has 4 rings (SSSR count). The highest BCUT2D eigenvalue weighted by atomic mass is 19.2. The maximum Gasteiger partial charge on any atom is 0.290 e. The van der Waals surface area contributed by atoms with Gasteiger partial charge in [0.1, 0.15) is 11.9 Å². The van der Waals surface area contributed by atoms with Gasteiger partial charge in [0.05, 0.1) is 0 Å². The van der Waals surface area contributed by atoms with Crippen molar-refractivity contribution >= 4 is 12.4 Å².